The van der Waals surface area contributed by atoms with Gasteiger partial charge in [-0.15, -0.1) is 0 Å². The van der Waals surface area contributed by atoms with E-state index < -0.39 is 27.7 Å². The molecule has 9 heteroatoms. The Morgan fingerprint density at radius 2 is 2.05 bits per heavy atom. The first-order valence-electron chi connectivity index (χ1n) is 5.14. The van der Waals surface area contributed by atoms with Gasteiger partial charge in [0, 0.05) is 12.3 Å². The topological polar surface area (TPSA) is 122 Å². The Kier molecular flexibility index (Phi) is 3.14. The van der Waals surface area contributed by atoms with Crippen molar-refractivity contribution in [1.82, 2.24) is 9.55 Å². The highest BCUT2D eigenvalue weighted by atomic mass is 19.1. The van der Waals surface area contributed by atoms with E-state index in [0.717, 1.165) is 22.9 Å². The van der Waals surface area contributed by atoms with E-state index >= 15 is 0 Å². The van der Waals surface area contributed by atoms with Gasteiger partial charge in [-0.2, -0.15) is 5.26 Å². The summed E-state index contributed by atoms with van der Waals surface area (Å²) in [5.41, 5.74) is -2.93. The molecule has 0 aliphatic rings. The summed E-state index contributed by atoms with van der Waals surface area (Å²) >= 11 is 0. The van der Waals surface area contributed by atoms with Crippen molar-refractivity contribution in [3.8, 4) is 11.8 Å². The molecule has 0 saturated carbocycles. The number of aromatic nitrogens is 2. The van der Waals surface area contributed by atoms with Gasteiger partial charge < -0.3 is 0 Å². The molecule has 2 rings (SSSR count). The van der Waals surface area contributed by atoms with Gasteiger partial charge in [-0.25, -0.2) is 9.18 Å². The first kappa shape index (κ1) is 13.2. The molecule has 0 unspecified atom stereocenters. The number of non-ortho nitro benzene ring substituents is 1. The monoisotopic (exact) mass is 276 g/mol. The van der Waals surface area contributed by atoms with E-state index in [1.54, 1.807) is 6.07 Å². The Morgan fingerprint density at radius 1 is 1.35 bits per heavy atom. The van der Waals surface area contributed by atoms with Crippen molar-refractivity contribution < 1.29 is 9.31 Å². The van der Waals surface area contributed by atoms with E-state index in [0.29, 0.717) is 6.07 Å². The van der Waals surface area contributed by atoms with Gasteiger partial charge in [-0.05, 0) is 6.07 Å². The first-order valence-corrected chi connectivity index (χ1v) is 5.14. The third-order valence-corrected chi connectivity index (χ3v) is 2.42. The zero-order chi connectivity index (χ0) is 14.9. The number of benzene rings is 1. The van der Waals surface area contributed by atoms with Crippen LogP contribution in [0.5, 0.6) is 0 Å². The van der Waals surface area contributed by atoms with Gasteiger partial charge in [0.15, 0.2) is 0 Å². The minimum atomic E-state index is -0.936. The molecule has 0 saturated heterocycles. The van der Waals surface area contributed by atoms with Crippen molar-refractivity contribution in [3.63, 3.8) is 0 Å². The SMILES string of the molecule is N#Cc1cn(-c2cc(F)cc([N+](=O)[O-])c2)c(=O)[nH]c1=O. The Labute approximate surface area is 109 Å². The van der Waals surface area contributed by atoms with Crippen LogP contribution in [0.15, 0.2) is 34.0 Å². The molecule has 0 aliphatic carbocycles. The van der Waals surface area contributed by atoms with Gasteiger partial charge in [0.1, 0.15) is 17.4 Å². The number of nitriles is 1. The molecule has 0 fully saturated rings. The molecule has 0 atom stereocenters. The predicted molar refractivity (Wildman–Crippen MR) is 64.0 cm³/mol. The third-order valence-electron chi connectivity index (χ3n) is 2.42. The molecule has 1 aromatic heterocycles. The fourth-order valence-corrected chi connectivity index (χ4v) is 1.55. The molecule has 2 aromatic rings. The van der Waals surface area contributed by atoms with Gasteiger partial charge in [0.2, 0.25) is 0 Å². The number of halogens is 1. The van der Waals surface area contributed by atoms with Crippen molar-refractivity contribution in [2.75, 3.05) is 0 Å². The van der Waals surface area contributed by atoms with Crippen LogP contribution < -0.4 is 11.2 Å². The van der Waals surface area contributed by atoms with Crippen molar-refractivity contribution in [3.05, 3.63) is 66.7 Å². The number of aromatic amines is 1. The Hall–Kier alpha value is -3.28. The lowest BCUT2D eigenvalue weighted by molar-refractivity contribution is -0.385. The zero-order valence-electron chi connectivity index (χ0n) is 9.66. The highest BCUT2D eigenvalue weighted by molar-refractivity contribution is 5.44. The Bertz CT molecular complexity index is 862. The van der Waals surface area contributed by atoms with E-state index in [1.165, 1.54) is 0 Å². The van der Waals surface area contributed by atoms with Gasteiger partial charge in [-0.3, -0.25) is 24.5 Å². The maximum atomic E-state index is 13.3. The van der Waals surface area contributed by atoms with Crippen LogP contribution in [0.25, 0.3) is 5.69 Å². The molecule has 1 aromatic carbocycles. The Balaban J connectivity index is 2.75. The third kappa shape index (κ3) is 2.30. The lowest BCUT2D eigenvalue weighted by Crippen LogP contribution is -2.30. The summed E-state index contributed by atoms with van der Waals surface area (Å²) in [6.07, 6.45) is 0.889. The van der Waals surface area contributed by atoms with Crippen LogP contribution in [-0.2, 0) is 0 Å². The molecule has 100 valence electrons. The van der Waals surface area contributed by atoms with Crippen LogP contribution in [0.3, 0.4) is 0 Å². The number of nitro groups is 1. The van der Waals surface area contributed by atoms with Crippen LogP contribution in [-0.4, -0.2) is 14.5 Å². The second kappa shape index (κ2) is 4.77. The molecule has 20 heavy (non-hydrogen) atoms. The van der Waals surface area contributed by atoms with E-state index in [9.17, 15) is 24.1 Å². The summed E-state index contributed by atoms with van der Waals surface area (Å²) in [4.78, 5) is 34.5. The van der Waals surface area contributed by atoms with Gasteiger partial charge in [0.05, 0.1) is 16.7 Å². The van der Waals surface area contributed by atoms with E-state index in [4.69, 9.17) is 5.26 Å². The summed E-state index contributed by atoms with van der Waals surface area (Å²) in [5, 5.41) is 19.4. The number of rotatable bonds is 2. The summed E-state index contributed by atoms with van der Waals surface area (Å²) in [6, 6.07) is 4.06. The smallest absolute Gasteiger partial charge is 0.273 e. The quantitative estimate of drug-likeness (QED) is 0.630. The molecular formula is C11H5FN4O4. The number of nitrogens with one attached hydrogen (secondary N) is 1. The minimum Gasteiger partial charge on any atom is -0.273 e. The second-order valence-corrected chi connectivity index (χ2v) is 3.71. The normalized spacial score (nSPS) is 10.0. The number of nitrogens with zero attached hydrogens (tertiary/aromatic N) is 3. The zero-order valence-corrected chi connectivity index (χ0v) is 9.66. The standard InChI is InChI=1S/C11H5FN4O4/c12-7-1-8(3-9(2-7)16(19)20)15-5-6(4-13)10(17)14-11(15)18/h1-3,5H,(H,14,17,18). The number of hydrogen-bond donors (Lipinski definition) is 1. The minimum absolute atomic E-state index is 0.172. The maximum Gasteiger partial charge on any atom is 0.332 e. The Morgan fingerprint density at radius 3 is 2.65 bits per heavy atom. The number of H-pyrrole nitrogens is 1. The molecule has 1 N–H and O–H groups in total. The van der Waals surface area contributed by atoms with Gasteiger partial charge in [-0.1, -0.05) is 0 Å². The van der Waals surface area contributed by atoms with Gasteiger partial charge in [0.25, 0.3) is 11.2 Å². The second-order valence-electron chi connectivity index (χ2n) is 3.71. The van der Waals surface area contributed by atoms with E-state index in [-0.39, 0.29) is 11.3 Å². The summed E-state index contributed by atoms with van der Waals surface area (Å²) in [7, 11) is 0. The van der Waals surface area contributed by atoms with Crippen LogP contribution in [0.2, 0.25) is 0 Å². The van der Waals surface area contributed by atoms with Crippen molar-refractivity contribution >= 4 is 5.69 Å². The molecule has 0 aliphatic heterocycles. The highest BCUT2D eigenvalue weighted by Crippen LogP contribution is 2.18. The molecule has 8 nitrogen and oxygen atoms in total. The maximum absolute atomic E-state index is 13.3. The molecular weight excluding hydrogens is 271 g/mol. The molecule has 0 spiro atoms. The number of hydrogen-bond acceptors (Lipinski definition) is 5. The molecule has 1 heterocycles. The average molecular weight is 276 g/mol. The average Bonchev–Trinajstić information content (AvgIpc) is 2.38. The molecule has 0 radical (unpaired) electrons. The van der Waals surface area contributed by atoms with Crippen molar-refractivity contribution in [2.24, 2.45) is 0 Å². The summed E-state index contributed by atoms with van der Waals surface area (Å²) in [6.45, 7) is 0. The summed E-state index contributed by atoms with van der Waals surface area (Å²) < 4.78 is 14.1. The molecule has 0 bridgehead atoms. The van der Waals surface area contributed by atoms with Crippen molar-refractivity contribution in [1.29, 1.82) is 5.26 Å². The molecule has 0 amide bonds. The fraction of sp³-hybridized carbons (Fsp3) is 0. The lowest BCUT2D eigenvalue weighted by atomic mass is 10.2. The van der Waals surface area contributed by atoms with E-state index in [1.807, 2.05) is 4.98 Å². The fourth-order valence-electron chi connectivity index (χ4n) is 1.55. The highest BCUT2D eigenvalue weighted by Gasteiger charge is 2.13. The predicted octanol–water partition coefficient (Wildman–Crippen LogP) is 0.445. The lowest BCUT2D eigenvalue weighted by Gasteiger charge is -2.05. The van der Waals surface area contributed by atoms with Crippen LogP contribution >= 0.6 is 0 Å². The largest absolute Gasteiger partial charge is 0.332 e. The van der Waals surface area contributed by atoms with Crippen LogP contribution in [0, 0.1) is 27.3 Å². The van der Waals surface area contributed by atoms with E-state index in [2.05, 4.69) is 0 Å². The van der Waals surface area contributed by atoms with Gasteiger partial charge >= 0.3 is 5.69 Å². The summed E-state index contributed by atoms with van der Waals surface area (Å²) in [5.74, 6) is -0.925. The first-order chi connectivity index (χ1) is 9.42. The number of nitro benzene ring substituents is 1. The van der Waals surface area contributed by atoms with Crippen LogP contribution in [0.1, 0.15) is 5.56 Å². The van der Waals surface area contributed by atoms with Crippen LogP contribution in [0.4, 0.5) is 10.1 Å². The van der Waals surface area contributed by atoms with Crippen molar-refractivity contribution in [2.45, 2.75) is 0 Å².